The van der Waals surface area contributed by atoms with Crippen LogP contribution in [0.25, 0.3) is 0 Å². The molecule has 0 bridgehead atoms. The number of rotatable bonds is 5. The minimum atomic E-state index is -1.30. The highest BCUT2D eigenvalue weighted by Crippen LogP contribution is 2.33. The van der Waals surface area contributed by atoms with E-state index in [2.05, 4.69) is 10.6 Å². The first-order valence-corrected chi connectivity index (χ1v) is 8.90. The smallest absolute Gasteiger partial charge is 0.325 e. The molecule has 2 aromatic carbocycles. The predicted octanol–water partition coefficient (Wildman–Crippen LogP) is 2.73. The van der Waals surface area contributed by atoms with Gasteiger partial charge in [-0.1, -0.05) is 59.6 Å². The Bertz CT molecular complexity index is 898. The minimum Gasteiger partial charge on any atom is -0.350 e. The Morgan fingerprint density at radius 2 is 1.81 bits per heavy atom. The number of aryl methyl sites for hydroxylation is 1. The number of benzene rings is 2. The molecule has 140 valence electrons. The maximum atomic E-state index is 12.8. The van der Waals surface area contributed by atoms with Crippen molar-refractivity contribution in [1.29, 1.82) is 0 Å². The zero-order chi connectivity index (χ0) is 19.6. The molecule has 0 saturated carbocycles. The number of carbonyl (C=O) groups is 3. The topological polar surface area (TPSA) is 78.5 Å². The van der Waals surface area contributed by atoms with Crippen LogP contribution in [0.4, 0.5) is 4.79 Å². The van der Waals surface area contributed by atoms with Crippen molar-refractivity contribution >= 4 is 29.4 Å². The average molecular weight is 386 g/mol. The van der Waals surface area contributed by atoms with Crippen molar-refractivity contribution in [2.45, 2.75) is 25.9 Å². The summed E-state index contributed by atoms with van der Waals surface area (Å²) in [6.45, 7) is 3.54. The SMILES string of the molecule is Cc1ccc(CNC(=O)CN2C(=O)N[C@](C)(c3ccccc3Cl)C2=O)cc1. The lowest BCUT2D eigenvalue weighted by Gasteiger charge is -2.23. The van der Waals surface area contributed by atoms with Crippen LogP contribution in [0.1, 0.15) is 23.6 Å². The molecule has 4 amide bonds. The zero-order valence-corrected chi connectivity index (χ0v) is 15.8. The van der Waals surface area contributed by atoms with E-state index < -0.39 is 23.4 Å². The summed E-state index contributed by atoms with van der Waals surface area (Å²) in [5.74, 6) is -0.923. The van der Waals surface area contributed by atoms with E-state index in [0.717, 1.165) is 16.0 Å². The van der Waals surface area contributed by atoms with E-state index in [9.17, 15) is 14.4 Å². The van der Waals surface area contributed by atoms with Gasteiger partial charge in [0, 0.05) is 17.1 Å². The van der Waals surface area contributed by atoms with Crippen molar-refractivity contribution in [3.05, 3.63) is 70.2 Å². The van der Waals surface area contributed by atoms with Gasteiger partial charge < -0.3 is 10.6 Å². The summed E-state index contributed by atoms with van der Waals surface area (Å²) in [5, 5.41) is 5.75. The molecule has 1 aliphatic heterocycles. The molecular formula is C20H20ClN3O3. The molecule has 1 saturated heterocycles. The van der Waals surface area contributed by atoms with Crippen LogP contribution in [0.3, 0.4) is 0 Å². The third-order valence-corrected chi connectivity index (χ3v) is 4.93. The van der Waals surface area contributed by atoms with Crippen molar-refractivity contribution in [2.75, 3.05) is 6.54 Å². The Morgan fingerprint density at radius 3 is 2.48 bits per heavy atom. The van der Waals surface area contributed by atoms with Gasteiger partial charge in [-0.3, -0.25) is 14.5 Å². The van der Waals surface area contributed by atoms with E-state index in [4.69, 9.17) is 11.6 Å². The number of urea groups is 1. The third-order valence-electron chi connectivity index (χ3n) is 4.60. The second-order valence-electron chi connectivity index (χ2n) is 6.69. The number of hydrogen-bond acceptors (Lipinski definition) is 3. The minimum absolute atomic E-state index is 0.324. The second kappa shape index (κ2) is 7.40. The number of carbonyl (C=O) groups excluding carboxylic acids is 3. The Hall–Kier alpha value is -2.86. The van der Waals surface area contributed by atoms with Crippen molar-refractivity contribution in [1.82, 2.24) is 15.5 Å². The van der Waals surface area contributed by atoms with E-state index in [1.165, 1.54) is 0 Å². The van der Waals surface area contributed by atoms with Crippen LogP contribution in [0.15, 0.2) is 48.5 Å². The van der Waals surface area contributed by atoms with Crippen LogP contribution in [0.5, 0.6) is 0 Å². The van der Waals surface area contributed by atoms with Gasteiger partial charge >= 0.3 is 6.03 Å². The van der Waals surface area contributed by atoms with Gasteiger partial charge in [0.15, 0.2) is 0 Å². The third kappa shape index (κ3) is 3.80. The number of nitrogens with one attached hydrogen (secondary N) is 2. The van der Waals surface area contributed by atoms with Crippen LogP contribution in [0.2, 0.25) is 5.02 Å². The molecule has 0 radical (unpaired) electrons. The fraction of sp³-hybridized carbons (Fsp3) is 0.250. The molecule has 1 atom stereocenters. The van der Waals surface area contributed by atoms with E-state index in [0.29, 0.717) is 17.1 Å². The van der Waals surface area contributed by atoms with Crippen LogP contribution in [0, 0.1) is 6.92 Å². The summed E-state index contributed by atoms with van der Waals surface area (Å²) in [6, 6.07) is 13.9. The predicted molar refractivity (Wildman–Crippen MR) is 102 cm³/mol. The molecule has 6 nitrogen and oxygen atoms in total. The Morgan fingerprint density at radius 1 is 1.15 bits per heavy atom. The summed E-state index contributed by atoms with van der Waals surface area (Å²) >= 11 is 6.19. The van der Waals surface area contributed by atoms with E-state index >= 15 is 0 Å². The molecular weight excluding hydrogens is 366 g/mol. The molecule has 1 fully saturated rings. The molecule has 3 rings (SSSR count). The molecule has 2 aromatic rings. The molecule has 1 aliphatic rings. The largest absolute Gasteiger partial charge is 0.350 e. The average Bonchev–Trinajstić information content (AvgIpc) is 2.85. The van der Waals surface area contributed by atoms with Gasteiger partial charge in [-0.2, -0.15) is 0 Å². The van der Waals surface area contributed by atoms with Gasteiger partial charge in [0.1, 0.15) is 12.1 Å². The van der Waals surface area contributed by atoms with E-state index in [1.54, 1.807) is 31.2 Å². The lowest BCUT2D eigenvalue weighted by atomic mass is 9.92. The summed E-state index contributed by atoms with van der Waals surface area (Å²) in [6.07, 6.45) is 0. The molecule has 7 heteroatoms. The first-order chi connectivity index (χ1) is 12.8. The Balaban J connectivity index is 1.67. The van der Waals surface area contributed by atoms with Crippen LogP contribution in [-0.2, 0) is 21.7 Å². The van der Waals surface area contributed by atoms with Gasteiger partial charge in [-0.25, -0.2) is 4.79 Å². The summed E-state index contributed by atoms with van der Waals surface area (Å²) < 4.78 is 0. The standard InChI is InChI=1S/C20H20ClN3O3/c1-13-7-9-14(10-8-13)11-22-17(25)12-24-18(26)20(2,23-19(24)27)15-5-3-4-6-16(15)21/h3-10H,11-12H2,1-2H3,(H,22,25)(H,23,27)/t20-/m1/s1. The van der Waals surface area contributed by atoms with Crippen molar-refractivity contribution in [3.63, 3.8) is 0 Å². The highest BCUT2D eigenvalue weighted by molar-refractivity contribution is 6.32. The molecule has 0 aliphatic carbocycles. The number of imide groups is 1. The first kappa shape index (κ1) is 18.9. The zero-order valence-electron chi connectivity index (χ0n) is 15.1. The number of nitrogens with zero attached hydrogens (tertiary/aromatic N) is 1. The van der Waals surface area contributed by atoms with E-state index in [1.807, 2.05) is 31.2 Å². The summed E-state index contributed by atoms with van der Waals surface area (Å²) in [5.41, 5.74) is 1.26. The maximum Gasteiger partial charge on any atom is 0.325 e. The maximum absolute atomic E-state index is 12.8. The van der Waals surface area contributed by atoms with Gasteiger partial charge in [0.2, 0.25) is 5.91 Å². The van der Waals surface area contributed by atoms with Crippen molar-refractivity contribution < 1.29 is 14.4 Å². The molecule has 0 aromatic heterocycles. The second-order valence-corrected chi connectivity index (χ2v) is 7.10. The summed E-state index contributed by atoms with van der Waals surface area (Å²) in [7, 11) is 0. The molecule has 0 unspecified atom stereocenters. The number of halogens is 1. The monoisotopic (exact) mass is 385 g/mol. The fourth-order valence-corrected chi connectivity index (χ4v) is 3.32. The van der Waals surface area contributed by atoms with Crippen LogP contribution in [-0.4, -0.2) is 29.3 Å². The Labute approximate surface area is 162 Å². The quantitative estimate of drug-likeness (QED) is 0.777. The van der Waals surface area contributed by atoms with E-state index in [-0.39, 0.29) is 6.54 Å². The van der Waals surface area contributed by atoms with Crippen molar-refractivity contribution in [3.8, 4) is 0 Å². The highest BCUT2D eigenvalue weighted by Gasteiger charge is 2.50. The highest BCUT2D eigenvalue weighted by atomic mass is 35.5. The van der Waals surface area contributed by atoms with Crippen molar-refractivity contribution in [2.24, 2.45) is 0 Å². The van der Waals surface area contributed by atoms with Crippen LogP contribution >= 0.6 is 11.6 Å². The molecule has 0 spiro atoms. The molecule has 27 heavy (non-hydrogen) atoms. The Kier molecular flexibility index (Phi) is 5.19. The van der Waals surface area contributed by atoms with Gasteiger partial charge in [0.05, 0.1) is 0 Å². The lowest BCUT2D eigenvalue weighted by molar-refractivity contribution is -0.134. The normalized spacial score (nSPS) is 19.1. The molecule has 2 N–H and O–H groups in total. The lowest BCUT2D eigenvalue weighted by Crippen LogP contribution is -2.43. The molecule has 1 heterocycles. The van der Waals surface area contributed by atoms with Gasteiger partial charge in [-0.05, 0) is 25.5 Å². The number of hydrogen-bond donors (Lipinski definition) is 2. The van der Waals surface area contributed by atoms with Crippen LogP contribution < -0.4 is 10.6 Å². The van der Waals surface area contributed by atoms with Gasteiger partial charge in [-0.15, -0.1) is 0 Å². The summed E-state index contributed by atoms with van der Waals surface area (Å²) in [4.78, 5) is 38.3. The first-order valence-electron chi connectivity index (χ1n) is 8.52. The fourth-order valence-electron chi connectivity index (χ4n) is 3.00. The van der Waals surface area contributed by atoms with Gasteiger partial charge in [0.25, 0.3) is 5.91 Å². The number of amides is 4.